The molecule has 82 valence electrons. The molecule has 3 aliphatic rings. The number of nitrogens with one attached hydrogen (secondary N) is 1. The Kier molecular flexibility index (Phi) is 2.42. The van der Waals surface area contributed by atoms with Gasteiger partial charge in [-0.1, -0.05) is 34.6 Å². The number of hydrogen-bond acceptors (Lipinski definition) is 1. The van der Waals surface area contributed by atoms with Crippen LogP contribution in [0, 0.1) is 23.2 Å². The maximum atomic E-state index is 3.73. The fraction of sp³-hybridized carbons (Fsp3) is 1.00. The topological polar surface area (TPSA) is 12.0 Å². The summed E-state index contributed by atoms with van der Waals surface area (Å²) in [5.41, 5.74) is 0.634. The highest BCUT2D eigenvalue weighted by molar-refractivity contribution is 5.07. The second-order valence-electron chi connectivity index (χ2n) is 6.38. The van der Waals surface area contributed by atoms with E-state index < -0.39 is 0 Å². The molecule has 0 aromatic heterocycles. The van der Waals surface area contributed by atoms with E-state index in [4.69, 9.17) is 0 Å². The third-order valence-corrected chi connectivity index (χ3v) is 4.90. The first kappa shape index (κ1) is 10.5. The van der Waals surface area contributed by atoms with E-state index in [-0.39, 0.29) is 0 Å². The predicted octanol–water partition coefficient (Wildman–Crippen LogP) is 3.06. The molecule has 1 heteroatoms. The molecule has 3 saturated carbocycles. The third-order valence-electron chi connectivity index (χ3n) is 4.90. The summed E-state index contributed by atoms with van der Waals surface area (Å²) in [7, 11) is 0. The van der Waals surface area contributed by atoms with E-state index in [2.05, 4.69) is 39.9 Å². The van der Waals surface area contributed by atoms with Crippen molar-refractivity contribution in [3.8, 4) is 0 Å². The summed E-state index contributed by atoms with van der Waals surface area (Å²) in [4.78, 5) is 0. The van der Waals surface area contributed by atoms with Crippen molar-refractivity contribution in [2.24, 2.45) is 23.2 Å². The van der Waals surface area contributed by atoms with Crippen molar-refractivity contribution in [1.29, 1.82) is 0 Å². The van der Waals surface area contributed by atoms with Crippen molar-refractivity contribution in [3.05, 3.63) is 0 Å². The molecule has 2 bridgehead atoms. The number of rotatable bonds is 2. The molecular formula is C13H25N. The molecule has 1 nitrogen and oxygen atoms in total. The Hall–Kier alpha value is -0.0400. The summed E-state index contributed by atoms with van der Waals surface area (Å²) in [5, 5.41) is 3.73. The van der Waals surface area contributed by atoms with E-state index in [1.165, 1.54) is 12.8 Å². The molecule has 0 aromatic carbocycles. The molecule has 0 amide bonds. The Bertz CT molecular complexity index is 219. The summed E-state index contributed by atoms with van der Waals surface area (Å²) >= 11 is 0. The summed E-state index contributed by atoms with van der Waals surface area (Å²) in [6.45, 7) is 11.9. The van der Waals surface area contributed by atoms with Gasteiger partial charge in [-0.15, -0.1) is 0 Å². The Morgan fingerprint density at radius 1 is 1.21 bits per heavy atom. The van der Waals surface area contributed by atoms with Gasteiger partial charge in [0, 0.05) is 12.1 Å². The molecule has 3 rings (SSSR count). The van der Waals surface area contributed by atoms with Gasteiger partial charge in [0.2, 0.25) is 0 Å². The second-order valence-corrected chi connectivity index (χ2v) is 6.38. The van der Waals surface area contributed by atoms with Crippen molar-refractivity contribution in [2.75, 3.05) is 0 Å². The molecule has 4 atom stereocenters. The maximum Gasteiger partial charge on any atom is 0.0101 e. The molecule has 0 saturated heterocycles. The Morgan fingerprint density at radius 2 is 1.86 bits per heavy atom. The lowest BCUT2D eigenvalue weighted by Gasteiger charge is -2.62. The predicted molar refractivity (Wildman–Crippen MR) is 61.2 cm³/mol. The highest BCUT2D eigenvalue weighted by Crippen LogP contribution is 2.61. The van der Waals surface area contributed by atoms with E-state index in [9.17, 15) is 0 Å². The summed E-state index contributed by atoms with van der Waals surface area (Å²) < 4.78 is 0. The largest absolute Gasteiger partial charge is 0.311 e. The van der Waals surface area contributed by atoms with Crippen LogP contribution in [0.3, 0.4) is 0 Å². The monoisotopic (exact) mass is 195 g/mol. The molecular weight excluding hydrogens is 170 g/mol. The highest BCUT2D eigenvalue weighted by atomic mass is 15.0. The van der Waals surface area contributed by atoms with Gasteiger partial charge >= 0.3 is 0 Å². The standard InChI is InChI=1S/C13H25N/c1-8(2)14-12-7-10-6-11(9(12)3)13(10,4)5/h8-12,14H,6-7H2,1-5H3/t9-,10?,11-,12-/m1/s1. The van der Waals surface area contributed by atoms with Crippen molar-refractivity contribution < 1.29 is 0 Å². The lowest BCUT2D eigenvalue weighted by molar-refractivity contribution is -0.116. The molecule has 1 unspecified atom stereocenters. The van der Waals surface area contributed by atoms with E-state index in [1.807, 2.05) is 0 Å². The zero-order valence-corrected chi connectivity index (χ0v) is 10.3. The highest BCUT2D eigenvalue weighted by Gasteiger charge is 2.56. The van der Waals surface area contributed by atoms with Crippen LogP contribution in [0.1, 0.15) is 47.5 Å². The van der Waals surface area contributed by atoms with Gasteiger partial charge in [0.25, 0.3) is 0 Å². The van der Waals surface area contributed by atoms with Crippen LogP contribution in [0.25, 0.3) is 0 Å². The smallest absolute Gasteiger partial charge is 0.0101 e. The molecule has 0 aliphatic heterocycles. The molecule has 0 heterocycles. The average Bonchev–Trinajstić information content (AvgIpc) is 2.06. The first-order chi connectivity index (χ1) is 6.43. The van der Waals surface area contributed by atoms with Crippen molar-refractivity contribution in [1.82, 2.24) is 5.32 Å². The lowest BCUT2D eigenvalue weighted by atomic mass is 9.44. The Morgan fingerprint density at radius 3 is 2.29 bits per heavy atom. The van der Waals surface area contributed by atoms with Gasteiger partial charge in [-0.05, 0) is 36.0 Å². The molecule has 0 radical (unpaired) electrons. The van der Waals surface area contributed by atoms with Crippen LogP contribution in [-0.2, 0) is 0 Å². The molecule has 3 fully saturated rings. The van der Waals surface area contributed by atoms with Gasteiger partial charge in [0.15, 0.2) is 0 Å². The van der Waals surface area contributed by atoms with Crippen LogP contribution in [-0.4, -0.2) is 12.1 Å². The fourth-order valence-corrected chi connectivity index (χ4v) is 3.80. The number of hydrogen-bond donors (Lipinski definition) is 1. The third kappa shape index (κ3) is 1.41. The SMILES string of the molecule is CC(C)N[C@@H]1CC2C[C@H]([C@H]1C)C2(C)C. The van der Waals surface area contributed by atoms with Crippen LogP contribution in [0.5, 0.6) is 0 Å². The summed E-state index contributed by atoms with van der Waals surface area (Å²) in [6, 6.07) is 1.43. The molecule has 1 N–H and O–H groups in total. The average molecular weight is 195 g/mol. The summed E-state index contributed by atoms with van der Waals surface area (Å²) in [5.74, 6) is 2.83. The molecule has 0 aromatic rings. The molecule has 14 heavy (non-hydrogen) atoms. The van der Waals surface area contributed by atoms with Gasteiger partial charge in [0.05, 0.1) is 0 Å². The first-order valence-electron chi connectivity index (χ1n) is 6.19. The Labute approximate surface area is 88.7 Å². The van der Waals surface area contributed by atoms with Crippen molar-refractivity contribution >= 4 is 0 Å². The van der Waals surface area contributed by atoms with E-state index in [0.29, 0.717) is 11.5 Å². The van der Waals surface area contributed by atoms with Crippen LogP contribution in [0.2, 0.25) is 0 Å². The normalized spacial score (nSPS) is 45.0. The van der Waals surface area contributed by atoms with E-state index >= 15 is 0 Å². The van der Waals surface area contributed by atoms with Gasteiger partial charge in [-0.3, -0.25) is 0 Å². The minimum absolute atomic E-state index is 0.634. The maximum absolute atomic E-state index is 3.73. The lowest BCUT2D eigenvalue weighted by Crippen LogP contribution is -2.60. The van der Waals surface area contributed by atoms with Crippen molar-refractivity contribution in [2.45, 2.75) is 59.5 Å². The van der Waals surface area contributed by atoms with Crippen LogP contribution < -0.4 is 5.32 Å². The van der Waals surface area contributed by atoms with Gasteiger partial charge in [-0.25, -0.2) is 0 Å². The zero-order chi connectivity index (χ0) is 10.5. The van der Waals surface area contributed by atoms with Crippen LogP contribution >= 0.6 is 0 Å². The first-order valence-corrected chi connectivity index (χ1v) is 6.19. The fourth-order valence-electron chi connectivity index (χ4n) is 3.80. The van der Waals surface area contributed by atoms with E-state index in [1.54, 1.807) is 0 Å². The van der Waals surface area contributed by atoms with Crippen LogP contribution in [0.15, 0.2) is 0 Å². The van der Waals surface area contributed by atoms with Gasteiger partial charge in [-0.2, -0.15) is 0 Å². The second kappa shape index (κ2) is 3.23. The minimum Gasteiger partial charge on any atom is -0.311 e. The van der Waals surface area contributed by atoms with Crippen molar-refractivity contribution in [3.63, 3.8) is 0 Å². The summed E-state index contributed by atoms with van der Waals surface area (Å²) in [6.07, 6.45) is 2.90. The zero-order valence-electron chi connectivity index (χ0n) is 10.3. The molecule has 0 spiro atoms. The Balaban J connectivity index is 2.01. The van der Waals surface area contributed by atoms with E-state index in [0.717, 1.165) is 23.8 Å². The van der Waals surface area contributed by atoms with Gasteiger partial charge in [0.1, 0.15) is 0 Å². The van der Waals surface area contributed by atoms with Crippen LogP contribution in [0.4, 0.5) is 0 Å². The minimum atomic E-state index is 0.634. The quantitative estimate of drug-likeness (QED) is 0.714. The van der Waals surface area contributed by atoms with Gasteiger partial charge < -0.3 is 5.32 Å². The number of fused-ring (bicyclic) bond motifs is 2. The molecule has 3 aliphatic carbocycles.